The standard InChI is InChI=1S/C8H13ClN2O/c1-7-8(9)6-11(10-7)4-2-3-5-12/h6,12H,2-5H2,1H3. The lowest BCUT2D eigenvalue weighted by Gasteiger charge is -1.98. The summed E-state index contributed by atoms with van der Waals surface area (Å²) in [5.41, 5.74) is 0.862. The molecule has 1 rings (SSSR count). The molecule has 0 unspecified atom stereocenters. The highest BCUT2D eigenvalue weighted by Crippen LogP contribution is 2.12. The minimum atomic E-state index is 0.244. The Labute approximate surface area is 77.0 Å². The number of hydrogen-bond acceptors (Lipinski definition) is 2. The summed E-state index contributed by atoms with van der Waals surface area (Å²) in [5.74, 6) is 0. The number of aromatic nitrogens is 2. The zero-order chi connectivity index (χ0) is 8.97. The summed E-state index contributed by atoms with van der Waals surface area (Å²) in [6.07, 6.45) is 3.57. The van der Waals surface area contributed by atoms with Gasteiger partial charge in [-0.25, -0.2) is 0 Å². The van der Waals surface area contributed by atoms with Crippen molar-refractivity contribution >= 4 is 11.6 Å². The molecule has 0 aliphatic heterocycles. The molecular formula is C8H13ClN2O. The van der Waals surface area contributed by atoms with Crippen molar-refractivity contribution in [3.8, 4) is 0 Å². The van der Waals surface area contributed by atoms with Crippen LogP contribution in [0.25, 0.3) is 0 Å². The zero-order valence-corrected chi connectivity index (χ0v) is 7.88. The molecule has 1 heterocycles. The third-order valence-corrected chi connectivity index (χ3v) is 2.05. The highest BCUT2D eigenvalue weighted by atomic mass is 35.5. The number of aliphatic hydroxyl groups excluding tert-OH is 1. The molecule has 68 valence electrons. The topological polar surface area (TPSA) is 38.0 Å². The second-order valence-corrected chi connectivity index (χ2v) is 3.16. The Morgan fingerprint density at radius 3 is 2.83 bits per heavy atom. The van der Waals surface area contributed by atoms with Gasteiger partial charge in [-0.2, -0.15) is 5.10 Å². The van der Waals surface area contributed by atoms with Gasteiger partial charge in [0.05, 0.1) is 10.7 Å². The maximum Gasteiger partial charge on any atom is 0.0814 e. The number of unbranched alkanes of at least 4 members (excludes halogenated alkanes) is 1. The first-order valence-corrected chi connectivity index (χ1v) is 4.42. The van der Waals surface area contributed by atoms with Crippen LogP contribution in [0.5, 0.6) is 0 Å². The van der Waals surface area contributed by atoms with E-state index in [1.54, 1.807) is 0 Å². The number of aliphatic hydroxyl groups is 1. The van der Waals surface area contributed by atoms with Crippen LogP contribution in [-0.4, -0.2) is 21.5 Å². The van der Waals surface area contributed by atoms with Crippen molar-refractivity contribution in [3.05, 3.63) is 16.9 Å². The van der Waals surface area contributed by atoms with Crippen molar-refractivity contribution in [1.29, 1.82) is 0 Å². The molecule has 0 fully saturated rings. The van der Waals surface area contributed by atoms with Gasteiger partial charge in [0.15, 0.2) is 0 Å². The van der Waals surface area contributed by atoms with Gasteiger partial charge in [0.2, 0.25) is 0 Å². The molecule has 0 radical (unpaired) electrons. The summed E-state index contributed by atoms with van der Waals surface area (Å²) in [6.45, 7) is 2.95. The first kappa shape index (κ1) is 9.55. The molecular weight excluding hydrogens is 176 g/mol. The van der Waals surface area contributed by atoms with Crippen molar-refractivity contribution in [2.75, 3.05) is 6.61 Å². The Bertz CT molecular complexity index is 228. The fourth-order valence-corrected chi connectivity index (χ4v) is 1.14. The average molecular weight is 189 g/mol. The van der Waals surface area contributed by atoms with Crippen molar-refractivity contribution in [2.24, 2.45) is 0 Å². The van der Waals surface area contributed by atoms with E-state index in [-0.39, 0.29) is 6.61 Å². The van der Waals surface area contributed by atoms with E-state index in [0.717, 1.165) is 25.1 Å². The zero-order valence-electron chi connectivity index (χ0n) is 7.13. The van der Waals surface area contributed by atoms with Crippen LogP contribution in [0.1, 0.15) is 18.5 Å². The normalized spacial score (nSPS) is 10.6. The van der Waals surface area contributed by atoms with Gasteiger partial charge >= 0.3 is 0 Å². The lowest BCUT2D eigenvalue weighted by Crippen LogP contribution is -1.99. The summed E-state index contributed by atoms with van der Waals surface area (Å²) in [5, 5.41) is 13.4. The Kier molecular flexibility index (Phi) is 3.56. The van der Waals surface area contributed by atoms with Crippen LogP contribution in [0.2, 0.25) is 5.02 Å². The molecule has 1 N–H and O–H groups in total. The van der Waals surface area contributed by atoms with E-state index in [2.05, 4.69) is 5.10 Å². The SMILES string of the molecule is Cc1nn(CCCCO)cc1Cl. The second-order valence-electron chi connectivity index (χ2n) is 2.76. The third-order valence-electron chi connectivity index (χ3n) is 1.68. The van der Waals surface area contributed by atoms with Crippen LogP contribution < -0.4 is 0 Å². The Morgan fingerprint density at radius 1 is 1.58 bits per heavy atom. The monoisotopic (exact) mass is 188 g/mol. The van der Waals surface area contributed by atoms with Crippen LogP contribution in [0.3, 0.4) is 0 Å². The molecule has 0 aliphatic carbocycles. The molecule has 0 saturated heterocycles. The number of aryl methyl sites for hydroxylation is 2. The Morgan fingerprint density at radius 2 is 2.33 bits per heavy atom. The van der Waals surface area contributed by atoms with Gasteiger partial charge in [0.1, 0.15) is 0 Å². The van der Waals surface area contributed by atoms with E-state index >= 15 is 0 Å². The fraction of sp³-hybridized carbons (Fsp3) is 0.625. The number of halogens is 1. The summed E-state index contributed by atoms with van der Waals surface area (Å²) in [6, 6.07) is 0. The van der Waals surface area contributed by atoms with Crippen molar-refractivity contribution in [2.45, 2.75) is 26.3 Å². The molecule has 0 atom stereocenters. The first-order valence-electron chi connectivity index (χ1n) is 4.04. The smallest absolute Gasteiger partial charge is 0.0814 e. The minimum absolute atomic E-state index is 0.244. The van der Waals surface area contributed by atoms with E-state index in [0.29, 0.717) is 5.02 Å². The van der Waals surface area contributed by atoms with E-state index in [1.165, 1.54) is 0 Å². The van der Waals surface area contributed by atoms with Crippen LogP contribution in [0, 0.1) is 6.92 Å². The molecule has 0 amide bonds. The fourth-order valence-electron chi connectivity index (χ4n) is 0.994. The largest absolute Gasteiger partial charge is 0.396 e. The molecule has 12 heavy (non-hydrogen) atoms. The molecule has 0 bridgehead atoms. The van der Waals surface area contributed by atoms with Crippen LogP contribution in [0.4, 0.5) is 0 Å². The molecule has 0 saturated carbocycles. The number of hydrogen-bond donors (Lipinski definition) is 1. The van der Waals surface area contributed by atoms with E-state index in [1.807, 2.05) is 17.8 Å². The minimum Gasteiger partial charge on any atom is -0.396 e. The van der Waals surface area contributed by atoms with E-state index in [4.69, 9.17) is 16.7 Å². The number of rotatable bonds is 4. The maximum absolute atomic E-state index is 8.55. The van der Waals surface area contributed by atoms with Crippen LogP contribution in [-0.2, 0) is 6.54 Å². The lowest BCUT2D eigenvalue weighted by molar-refractivity contribution is 0.280. The van der Waals surface area contributed by atoms with Gasteiger partial charge < -0.3 is 5.11 Å². The maximum atomic E-state index is 8.55. The van der Waals surface area contributed by atoms with E-state index < -0.39 is 0 Å². The predicted molar refractivity (Wildman–Crippen MR) is 48.3 cm³/mol. The van der Waals surface area contributed by atoms with Crippen LogP contribution >= 0.6 is 11.6 Å². The molecule has 0 aromatic carbocycles. The molecule has 4 heteroatoms. The second kappa shape index (κ2) is 4.48. The Hall–Kier alpha value is -0.540. The van der Waals surface area contributed by atoms with Crippen molar-refractivity contribution in [3.63, 3.8) is 0 Å². The molecule has 1 aromatic rings. The first-order chi connectivity index (χ1) is 5.74. The van der Waals surface area contributed by atoms with Gasteiger partial charge in [-0.3, -0.25) is 4.68 Å². The average Bonchev–Trinajstić information content (AvgIpc) is 2.32. The number of nitrogens with zero attached hydrogens (tertiary/aromatic N) is 2. The summed E-state index contributed by atoms with van der Waals surface area (Å²) >= 11 is 5.81. The lowest BCUT2D eigenvalue weighted by atomic mass is 10.3. The quantitative estimate of drug-likeness (QED) is 0.730. The van der Waals surface area contributed by atoms with Crippen molar-refractivity contribution < 1.29 is 5.11 Å². The van der Waals surface area contributed by atoms with Gasteiger partial charge in [0.25, 0.3) is 0 Å². The summed E-state index contributed by atoms with van der Waals surface area (Å²) < 4.78 is 1.81. The predicted octanol–water partition coefficient (Wildman–Crippen LogP) is 1.62. The van der Waals surface area contributed by atoms with Gasteiger partial charge in [-0.1, -0.05) is 11.6 Å². The van der Waals surface area contributed by atoms with E-state index in [9.17, 15) is 0 Å². The molecule has 3 nitrogen and oxygen atoms in total. The van der Waals surface area contributed by atoms with Crippen molar-refractivity contribution in [1.82, 2.24) is 9.78 Å². The molecule has 0 spiro atoms. The molecule has 1 aromatic heterocycles. The third kappa shape index (κ3) is 2.50. The highest BCUT2D eigenvalue weighted by Gasteiger charge is 2.00. The van der Waals surface area contributed by atoms with Gasteiger partial charge in [-0.05, 0) is 19.8 Å². The Balaban J connectivity index is 2.42. The molecule has 0 aliphatic rings. The van der Waals surface area contributed by atoms with Crippen LogP contribution in [0.15, 0.2) is 6.20 Å². The van der Waals surface area contributed by atoms with Gasteiger partial charge in [-0.15, -0.1) is 0 Å². The summed E-state index contributed by atoms with van der Waals surface area (Å²) in [7, 11) is 0. The summed E-state index contributed by atoms with van der Waals surface area (Å²) in [4.78, 5) is 0. The highest BCUT2D eigenvalue weighted by molar-refractivity contribution is 6.31. The van der Waals surface area contributed by atoms with Gasteiger partial charge in [0, 0.05) is 19.3 Å².